The summed E-state index contributed by atoms with van der Waals surface area (Å²) in [6.45, 7) is 6.58. The number of hydrogen-bond donors (Lipinski definition) is 1. The van der Waals surface area contributed by atoms with Crippen LogP contribution >= 0.6 is 11.3 Å². The zero-order valence-corrected chi connectivity index (χ0v) is 16.3. The minimum absolute atomic E-state index is 0.115. The molecule has 1 aromatic carbocycles. The van der Waals surface area contributed by atoms with Gasteiger partial charge in [0, 0.05) is 24.2 Å². The third-order valence-electron chi connectivity index (χ3n) is 4.22. The van der Waals surface area contributed by atoms with E-state index in [0.29, 0.717) is 12.5 Å². The Kier molecular flexibility index (Phi) is 5.38. The monoisotopic (exact) mass is 372 g/mol. The fourth-order valence-electron chi connectivity index (χ4n) is 2.86. The maximum Gasteiger partial charge on any atom is 0.225 e. The Morgan fingerprint density at radius 3 is 2.69 bits per heavy atom. The second kappa shape index (κ2) is 7.55. The van der Waals surface area contributed by atoms with E-state index in [4.69, 9.17) is 4.84 Å². The molecule has 1 atom stereocenters. The number of carbonyl (C=O) groups excluding carboxylic acids is 1. The van der Waals surface area contributed by atoms with Crippen LogP contribution in [0.25, 0.3) is 0 Å². The van der Waals surface area contributed by atoms with E-state index in [2.05, 4.69) is 41.3 Å². The summed E-state index contributed by atoms with van der Waals surface area (Å²) in [6, 6.07) is 8.30. The van der Waals surface area contributed by atoms with Gasteiger partial charge in [-0.05, 0) is 18.4 Å². The van der Waals surface area contributed by atoms with E-state index in [1.807, 2.05) is 31.5 Å². The molecule has 1 unspecified atom stereocenters. The lowest BCUT2D eigenvalue weighted by atomic mass is 10.0. The number of benzene rings is 1. The van der Waals surface area contributed by atoms with Gasteiger partial charge < -0.3 is 5.32 Å². The molecule has 1 aliphatic heterocycles. The Labute approximate surface area is 157 Å². The van der Waals surface area contributed by atoms with Gasteiger partial charge in [-0.2, -0.15) is 0 Å². The van der Waals surface area contributed by atoms with Crippen molar-refractivity contribution in [3.63, 3.8) is 0 Å². The third-order valence-corrected chi connectivity index (χ3v) is 5.00. The smallest absolute Gasteiger partial charge is 0.225 e. The first-order chi connectivity index (χ1) is 12.4. The number of aliphatic imine (C=N–C) groups is 1. The highest BCUT2D eigenvalue weighted by molar-refractivity contribution is 7.09. The van der Waals surface area contributed by atoms with Gasteiger partial charge in [-0.1, -0.05) is 38.1 Å². The lowest BCUT2D eigenvalue weighted by molar-refractivity contribution is -0.166. The molecule has 3 rings (SSSR count). The molecule has 0 bridgehead atoms. The first kappa shape index (κ1) is 18.5. The minimum atomic E-state index is -0.909. The summed E-state index contributed by atoms with van der Waals surface area (Å²) in [5.41, 5.74) is 1.34. The third kappa shape index (κ3) is 4.28. The predicted octanol–water partition coefficient (Wildman–Crippen LogP) is 3.31. The molecule has 138 valence electrons. The lowest BCUT2D eigenvalue weighted by Crippen LogP contribution is -2.35. The Balaban J connectivity index is 1.67. The predicted molar refractivity (Wildman–Crippen MR) is 103 cm³/mol. The molecule has 1 aromatic heterocycles. The molecule has 0 aliphatic carbocycles. The van der Waals surface area contributed by atoms with Crippen LogP contribution < -0.4 is 5.32 Å². The number of carbonyl (C=O) groups is 1. The van der Waals surface area contributed by atoms with E-state index >= 15 is 0 Å². The lowest BCUT2D eigenvalue weighted by Gasteiger charge is -2.21. The molecule has 7 heteroatoms. The number of thiazole rings is 1. The zero-order chi connectivity index (χ0) is 18.7. The highest BCUT2D eigenvalue weighted by atomic mass is 32.1. The number of amidine groups is 1. The van der Waals surface area contributed by atoms with E-state index in [0.717, 1.165) is 16.4 Å². The molecule has 6 nitrogen and oxygen atoms in total. The second-order valence-electron chi connectivity index (χ2n) is 6.86. The van der Waals surface area contributed by atoms with Gasteiger partial charge in [0.2, 0.25) is 5.91 Å². The van der Waals surface area contributed by atoms with Gasteiger partial charge in [-0.3, -0.25) is 4.79 Å². The average molecular weight is 372 g/mol. The average Bonchev–Trinajstić information content (AvgIpc) is 3.21. The van der Waals surface area contributed by atoms with Crippen LogP contribution in [0.5, 0.6) is 0 Å². The van der Waals surface area contributed by atoms with Crippen molar-refractivity contribution in [1.82, 2.24) is 15.4 Å². The summed E-state index contributed by atoms with van der Waals surface area (Å²) >= 11 is 1.51. The van der Waals surface area contributed by atoms with Crippen molar-refractivity contribution in [2.75, 3.05) is 7.05 Å². The van der Waals surface area contributed by atoms with Crippen LogP contribution in [0.1, 0.15) is 49.2 Å². The van der Waals surface area contributed by atoms with E-state index in [1.54, 1.807) is 11.3 Å². The summed E-state index contributed by atoms with van der Waals surface area (Å²) in [5, 5.41) is 7.27. The highest BCUT2D eigenvalue weighted by Gasteiger charge is 2.37. The van der Waals surface area contributed by atoms with Crippen molar-refractivity contribution in [3.8, 4) is 0 Å². The molecule has 0 spiro atoms. The van der Waals surface area contributed by atoms with Gasteiger partial charge in [0.1, 0.15) is 5.01 Å². The highest BCUT2D eigenvalue weighted by Crippen LogP contribution is 2.28. The van der Waals surface area contributed by atoms with Gasteiger partial charge in [-0.15, -0.1) is 11.3 Å². The molecule has 0 fully saturated rings. The van der Waals surface area contributed by atoms with Gasteiger partial charge in [0.05, 0.1) is 13.0 Å². The molecule has 1 aliphatic rings. The molecule has 1 amide bonds. The van der Waals surface area contributed by atoms with Crippen molar-refractivity contribution >= 4 is 23.1 Å². The summed E-state index contributed by atoms with van der Waals surface area (Å²) in [6.07, 6.45) is 1.87. The van der Waals surface area contributed by atoms with E-state index < -0.39 is 5.72 Å². The molecular formula is C19H24N4O2S. The van der Waals surface area contributed by atoms with Crippen LogP contribution in [-0.4, -0.2) is 34.6 Å². The van der Waals surface area contributed by atoms with Crippen molar-refractivity contribution in [3.05, 3.63) is 52.0 Å². The normalized spacial score (nSPS) is 19.7. The van der Waals surface area contributed by atoms with E-state index in [1.165, 1.54) is 16.9 Å². The zero-order valence-electron chi connectivity index (χ0n) is 15.5. The molecule has 0 saturated heterocycles. The SMILES string of the molecule is CC(C)c1ccc(C2=NC(C)(CC(=O)NCc3nccs3)ON2C)cc1. The molecule has 26 heavy (non-hydrogen) atoms. The van der Waals surface area contributed by atoms with Crippen LogP contribution in [0.2, 0.25) is 0 Å². The van der Waals surface area contributed by atoms with Crippen LogP contribution in [-0.2, 0) is 16.2 Å². The number of aromatic nitrogens is 1. The van der Waals surface area contributed by atoms with Crippen molar-refractivity contribution in [2.24, 2.45) is 4.99 Å². The molecule has 2 heterocycles. The fourth-order valence-corrected chi connectivity index (χ4v) is 3.42. The Bertz CT molecular complexity index is 786. The maximum absolute atomic E-state index is 12.3. The molecule has 0 saturated carbocycles. The summed E-state index contributed by atoms with van der Waals surface area (Å²) in [4.78, 5) is 27.0. The summed E-state index contributed by atoms with van der Waals surface area (Å²) in [7, 11) is 1.81. The van der Waals surface area contributed by atoms with Crippen LogP contribution in [0.15, 0.2) is 40.8 Å². The van der Waals surface area contributed by atoms with Crippen LogP contribution in [0.4, 0.5) is 0 Å². The first-order valence-electron chi connectivity index (χ1n) is 8.64. The first-order valence-corrected chi connectivity index (χ1v) is 9.52. The molecule has 2 aromatic rings. The van der Waals surface area contributed by atoms with Crippen LogP contribution in [0.3, 0.4) is 0 Å². The van der Waals surface area contributed by atoms with Crippen LogP contribution in [0, 0.1) is 0 Å². The quantitative estimate of drug-likeness (QED) is 0.845. The maximum atomic E-state index is 12.3. The van der Waals surface area contributed by atoms with E-state index in [9.17, 15) is 4.79 Å². The van der Waals surface area contributed by atoms with Gasteiger partial charge in [-0.25, -0.2) is 19.9 Å². The molecular weight excluding hydrogens is 348 g/mol. The number of amides is 1. The largest absolute Gasteiger partial charge is 0.349 e. The van der Waals surface area contributed by atoms with Crippen molar-refractivity contribution < 1.29 is 9.63 Å². The summed E-state index contributed by atoms with van der Waals surface area (Å²) in [5.74, 6) is 1.10. The summed E-state index contributed by atoms with van der Waals surface area (Å²) < 4.78 is 0. The number of nitrogens with one attached hydrogen (secondary N) is 1. The number of rotatable bonds is 6. The van der Waals surface area contributed by atoms with E-state index in [-0.39, 0.29) is 12.3 Å². The number of hydrogen-bond acceptors (Lipinski definition) is 6. The minimum Gasteiger partial charge on any atom is -0.349 e. The Morgan fingerprint density at radius 1 is 1.35 bits per heavy atom. The second-order valence-corrected chi connectivity index (χ2v) is 7.83. The Hall–Kier alpha value is -2.25. The Morgan fingerprint density at radius 2 is 2.08 bits per heavy atom. The number of hydroxylamine groups is 2. The van der Waals surface area contributed by atoms with Crippen molar-refractivity contribution in [1.29, 1.82) is 0 Å². The molecule has 1 N–H and O–H groups in total. The topological polar surface area (TPSA) is 66.8 Å². The van der Waals surface area contributed by atoms with Gasteiger partial charge >= 0.3 is 0 Å². The standard InChI is InChI=1S/C19H24N4O2S/c1-13(2)14-5-7-15(8-6-14)18-22-19(3,25-23(18)4)11-16(24)21-12-17-20-9-10-26-17/h5-10,13H,11-12H2,1-4H3,(H,21,24). The van der Waals surface area contributed by atoms with Gasteiger partial charge in [0.15, 0.2) is 11.6 Å². The number of nitrogens with zero attached hydrogens (tertiary/aromatic N) is 3. The van der Waals surface area contributed by atoms with Crippen molar-refractivity contribution in [2.45, 2.75) is 45.4 Å². The van der Waals surface area contributed by atoms with Gasteiger partial charge in [0.25, 0.3) is 0 Å². The molecule has 0 radical (unpaired) electrons. The fraction of sp³-hybridized carbons (Fsp3) is 0.421.